The molecular weight excluding hydrogens is 474 g/mol. The van der Waals surface area contributed by atoms with Gasteiger partial charge in [-0.2, -0.15) is 5.26 Å². The Morgan fingerprint density at radius 2 is 2.33 bits per heavy atom. The molecule has 1 aromatic carbocycles. The zero-order valence-electron chi connectivity index (χ0n) is 18.3. The quantitative estimate of drug-likeness (QED) is 0.306. The first kappa shape index (κ1) is 23.6. The van der Waals surface area contributed by atoms with Gasteiger partial charge in [-0.15, -0.1) is 28.1 Å². The Kier molecular flexibility index (Phi) is 7.53. The average Bonchev–Trinajstić information content (AvgIpc) is 3.37. The number of nitrogens with zero attached hydrogens (tertiary/aromatic N) is 4. The highest BCUT2D eigenvalue weighted by Gasteiger charge is 2.26. The second-order valence-electron chi connectivity index (χ2n) is 7.89. The number of aromatic nitrogens is 3. The van der Waals surface area contributed by atoms with Gasteiger partial charge in [-0.3, -0.25) is 9.36 Å². The molecule has 33 heavy (non-hydrogen) atoms. The minimum Gasteiger partial charge on any atom is -0.316 e. The summed E-state index contributed by atoms with van der Waals surface area (Å²) in [6.45, 7) is 6.54. The normalized spacial score (nSPS) is 15.0. The molecule has 2 heterocycles. The third-order valence-corrected chi connectivity index (χ3v) is 8.12. The van der Waals surface area contributed by atoms with E-state index in [1.165, 1.54) is 16.6 Å². The minimum absolute atomic E-state index is 0.163. The predicted molar refractivity (Wildman–Crippen MR) is 135 cm³/mol. The maximum absolute atomic E-state index is 12.7. The highest BCUT2D eigenvalue weighted by molar-refractivity contribution is 7.99. The van der Waals surface area contributed by atoms with Crippen LogP contribution in [0.1, 0.15) is 35.8 Å². The molecule has 1 aliphatic rings. The first-order valence-corrected chi connectivity index (χ1v) is 13.0. The van der Waals surface area contributed by atoms with E-state index in [2.05, 4.69) is 35.1 Å². The number of rotatable bonds is 8. The first-order chi connectivity index (χ1) is 16.0. The van der Waals surface area contributed by atoms with Gasteiger partial charge in [0.1, 0.15) is 11.1 Å². The molecule has 0 spiro atoms. The molecule has 1 atom stereocenters. The lowest BCUT2D eigenvalue weighted by Gasteiger charge is -2.20. The van der Waals surface area contributed by atoms with E-state index in [0.29, 0.717) is 39.0 Å². The Morgan fingerprint density at radius 1 is 1.48 bits per heavy atom. The molecule has 0 fully saturated rings. The number of fused-ring (bicyclic) bond motifs is 1. The fourth-order valence-corrected chi connectivity index (χ4v) is 6.30. The Hall–Kier alpha value is -2.60. The molecule has 0 aliphatic heterocycles. The summed E-state index contributed by atoms with van der Waals surface area (Å²) in [7, 11) is 0. The summed E-state index contributed by atoms with van der Waals surface area (Å²) in [6.07, 6.45) is 5.91. The number of hydrogen-bond donors (Lipinski definition) is 1. The van der Waals surface area contributed by atoms with Crippen LogP contribution >= 0.6 is 34.7 Å². The van der Waals surface area contributed by atoms with Gasteiger partial charge in [0.2, 0.25) is 5.91 Å². The van der Waals surface area contributed by atoms with Gasteiger partial charge >= 0.3 is 0 Å². The van der Waals surface area contributed by atoms with E-state index in [9.17, 15) is 10.1 Å². The average molecular weight is 498 g/mol. The minimum atomic E-state index is -0.167. The SMILES string of the molecule is C=CCn1c(SCC(=O)Nc2sc3c(c2C#N)CCC(CC)C3)nnc1-c1cccc(Cl)c1. The molecule has 1 unspecified atom stereocenters. The fraction of sp³-hybridized carbons (Fsp3) is 0.333. The summed E-state index contributed by atoms with van der Waals surface area (Å²) in [5.74, 6) is 1.32. The molecular formula is C24H24ClN5OS2. The predicted octanol–water partition coefficient (Wildman–Crippen LogP) is 5.96. The molecule has 4 rings (SSSR count). The van der Waals surface area contributed by atoms with E-state index in [4.69, 9.17) is 11.6 Å². The molecule has 0 saturated carbocycles. The molecule has 0 bridgehead atoms. The van der Waals surface area contributed by atoms with Crippen LogP contribution in [0.3, 0.4) is 0 Å². The summed E-state index contributed by atoms with van der Waals surface area (Å²) in [5, 5.41) is 23.1. The molecule has 9 heteroatoms. The van der Waals surface area contributed by atoms with Crippen molar-refractivity contribution in [2.24, 2.45) is 5.92 Å². The number of hydrogen-bond acceptors (Lipinski definition) is 6. The van der Waals surface area contributed by atoms with Crippen molar-refractivity contribution in [2.45, 2.75) is 44.3 Å². The Labute approximate surface area is 206 Å². The lowest BCUT2D eigenvalue weighted by molar-refractivity contribution is -0.113. The number of nitrogens with one attached hydrogen (secondary N) is 1. The molecule has 2 aromatic heterocycles. The Morgan fingerprint density at radius 3 is 3.06 bits per heavy atom. The number of carbonyl (C=O) groups is 1. The number of nitriles is 1. The van der Waals surface area contributed by atoms with Gasteiger partial charge in [0.15, 0.2) is 11.0 Å². The van der Waals surface area contributed by atoms with E-state index in [0.717, 1.165) is 36.8 Å². The maximum atomic E-state index is 12.7. The Balaban J connectivity index is 1.47. The highest BCUT2D eigenvalue weighted by atomic mass is 35.5. The summed E-state index contributed by atoms with van der Waals surface area (Å²) >= 11 is 8.98. The summed E-state index contributed by atoms with van der Waals surface area (Å²) in [4.78, 5) is 14.0. The van der Waals surface area contributed by atoms with Crippen LogP contribution in [0.25, 0.3) is 11.4 Å². The third-order valence-electron chi connectivity index (χ3n) is 5.75. The van der Waals surface area contributed by atoms with Gasteiger partial charge in [-0.1, -0.05) is 54.9 Å². The summed E-state index contributed by atoms with van der Waals surface area (Å²) in [5.41, 5.74) is 2.59. The lowest BCUT2D eigenvalue weighted by Crippen LogP contribution is -2.15. The van der Waals surface area contributed by atoms with E-state index < -0.39 is 0 Å². The van der Waals surface area contributed by atoms with Crippen molar-refractivity contribution in [3.63, 3.8) is 0 Å². The zero-order valence-corrected chi connectivity index (χ0v) is 20.7. The van der Waals surface area contributed by atoms with Gasteiger partial charge < -0.3 is 5.32 Å². The van der Waals surface area contributed by atoms with Crippen LogP contribution in [0.15, 0.2) is 42.1 Å². The molecule has 3 aromatic rings. The van der Waals surface area contributed by atoms with Crippen molar-refractivity contribution in [3.8, 4) is 17.5 Å². The second kappa shape index (κ2) is 10.6. The number of anilines is 1. The van der Waals surface area contributed by atoms with Crippen molar-refractivity contribution >= 4 is 45.6 Å². The van der Waals surface area contributed by atoms with E-state index in [1.807, 2.05) is 22.8 Å². The van der Waals surface area contributed by atoms with Gasteiger partial charge in [-0.05, 0) is 42.9 Å². The number of thiophene rings is 1. The number of carbonyl (C=O) groups excluding carboxylic acids is 1. The monoisotopic (exact) mass is 497 g/mol. The Bertz CT molecular complexity index is 1230. The van der Waals surface area contributed by atoms with Crippen molar-refractivity contribution in [1.82, 2.24) is 14.8 Å². The van der Waals surface area contributed by atoms with Crippen LogP contribution in [0, 0.1) is 17.2 Å². The molecule has 1 amide bonds. The van der Waals surface area contributed by atoms with E-state index in [1.54, 1.807) is 23.5 Å². The lowest BCUT2D eigenvalue weighted by atomic mass is 9.86. The van der Waals surface area contributed by atoms with Crippen molar-refractivity contribution in [2.75, 3.05) is 11.1 Å². The van der Waals surface area contributed by atoms with E-state index >= 15 is 0 Å². The maximum Gasteiger partial charge on any atom is 0.235 e. The molecule has 1 aliphatic carbocycles. The summed E-state index contributed by atoms with van der Waals surface area (Å²) in [6, 6.07) is 9.72. The number of halogens is 1. The van der Waals surface area contributed by atoms with Crippen LogP contribution in [-0.4, -0.2) is 26.4 Å². The van der Waals surface area contributed by atoms with Crippen molar-refractivity contribution in [3.05, 3.63) is 57.9 Å². The molecule has 0 radical (unpaired) electrons. The van der Waals surface area contributed by atoms with Gasteiger partial charge in [-0.25, -0.2) is 0 Å². The molecule has 6 nitrogen and oxygen atoms in total. The smallest absolute Gasteiger partial charge is 0.235 e. The van der Waals surface area contributed by atoms with Crippen LogP contribution in [0.5, 0.6) is 0 Å². The number of amides is 1. The molecule has 170 valence electrons. The fourth-order valence-electron chi connectivity index (χ4n) is 4.03. The zero-order chi connectivity index (χ0) is 23.4. The van der Waals surface area contributed by atoms with Gasteiger partial charge in [0, 0.05) is 22.0 Å². The van der Waals surface area contributed by atoms with Crippen LogP contribution in [0.2, 0.25) is 5.02 Å². The van der Waals surface area contributed by atoms with Crippen LogP contribution in [-0.2, 0) is 24.2 Å². The largest absolute Gasteiger partial charge is 0.316 e. The highest BCUT2D eigenvalue weighted by Crippen LogP contribution is 2.40. The number of allylic oxidation sites excluding steroid dienone is 1. The van der Waals surface area contributed by atoms with Gasteiger partial charge in [0.25, 0.3) is 0 Å². The summed E-state index contributed by atoms with van der Waals surface area (Å²) < 4.78 is 1.91. The van der Waals surface area contributed by atoms with Crippen LogP contribution in [0.4, 0.5) is 5.00 Å². The standard InChI is InChI=1S/C24H24ClN5OS2/c1-3-10-30-22(16-6-5-7-17(25)12-16)28-29-24(30)32-14-21(31)27-23-19(13-26)18-9-8-15(4-2)11-20(18)33-23/h3,5-7,12,15H,1,4,8-11,14H2,2H3,(H,27,31). The van der Waals surface area contributed by atoms with E-state index in [-0.39, 0.29) is 11.7 Å². The van der Waals surface area contributed by atoms with Gasteiger partial charge in [0.05, 0.1) is 11.3 Å². The number of benzene rings is 1. The molecule has 0 saturated heterocycles. The van der Waals surface area contributed by atoms with Crippen LogP contribution < -0.4 is 5.32 Å². The van der Waals surface area contributed by atoms with Crippen molar-refractivity contribution < 1.29 is 4.79 Å². The van der Waals surface area contributed by atoms with Crippen molar-refractivity contribution in [1.29, 1.82) is 5.26 Å². The number of thioether (sulfide) groups is 1. The first-order valence-electron chi connectivity index (χ1n) is 10.8. The topological polar surface area (TPSA) is 83.6 Å². The molecule has 1 N–H and O–H groups in total. The second-order valence-corrected chi connectivity index (χ2v) is 10.4. The third kappa shape index (κ3) is 5.16.